The van der Waals surface area contributed by atoms with Crippen molar-refractivity contribution in [1.82, 2.24) is 4.90 Å². The van der Waals surface area contributed by atoms with Gasteiger partial charge in [0, 0.05) is 31.0 Å². The molecule has 0 aliphatic carbocycles. The van der Waals surface area contributed by atoms with Crippen LogP contribution >= 0.6 is 0 Å². The van der Waals surface area contributed by atoms with E-state index in [1.165, 1.54) is 0 Å². The summed E-state index contributed by atoms with van der Waals surface area (Å²) in [6.45, 7) is 4.24. The molecule has 3 aromatic carbocycles. The number of hydrogen-bond donors (Lipinski definition) is 1. The Labute approximate surface area is 195 Å². The quantitative estimate of drug-likeness (QED) is 0.598. The fraction of sp³-hybridized carbons (Fsp3) is 0.259. The molecule has 1 N–H and O–H groups in total. The minimum atomic E-state index is -0.0452. The number of hydrogen-bond acceptors (Lipinski definition) is 5. The van der Waals surface area contributed by atoms with Crippen LogP contribution in [0.5, 0.6) is 0 Å². The standard InChI is InChI=1S/C27H28N4O2/c1-30(19-21-6-8-22(9-7-21)26-5-3-2-4-23(26)18-28)20-27(32)29-24-10-12-25(13-11-24)31-14-16-33-17-15-31/h2-13H,14-17,19-20H2,1H3,(H,29,32). The Kier molecular flexibility index (Phi) is 7.36. The number of nitrogens with one attached hydrogen (secondary N) is 1. The Morgan fingerprint density at radius 1 is 1.03 bits per heavy atom. The molecule has 0 aromatic heterocycles. The number of amides is 1. The smallest absolute Gasteiger partial charge is 0.238 e. The number of nitriles is 1. The summed E-state index contributed by atoms with van der Waals surface area (Å²) in [4.78, 5) is 16.8. The number of nitrogens with zero attached hydrogens (tertiary/aromatic N) is 3. The van der Waals surface area contributed by atoms with Crippen molar-refractivity contribution in [2.75, 3.05) is 50.1 Å². The van der Waals surface area contributed by atoms with Crippen molar-refractivity contribution in [1.29, 1.82) is 5.26 Å². The molecule has 0 radical (unpaired) electrons. The van der Waals surface area contributed by atoms with Crippen LogP contribution in [-0.2, 0) is 16.1 Å². The van der Waals surface area contributed by atoms with Crippen LogP contribution in [0.3, 0.4) is 0 Å². The summed E-state index contributed by atoms with van der Waals surface area (Å²) in [7, 11) is 1.93. The first-order valence-corrected chi connectivity index (χ1v) is 11.1. The van der Waals surface area contributed by atoms with Crippen LogP contribution in [-0.4, -0.2) is 50.7 Å². The highest BCUT2D eigenvalue weighted by molar-refractivity contribution is 5.92. The Bertz CT molecular complexity index is 1110. The lowest BCUT2D eigenvalue weighted by molar-refractivity contribution is -0.117. The molecule has 0 bridgehead atoms. The maximum absolute atomic E-state index is 12.5. The highest BCUT2D eigenvalue weighted by Crippen LogP contribution is 2.24. The first-order valence-electron chi connectivity index (χ1n) is 11.1. The molecule has 1 amide bonds. The monoisotopic (exact) mass is 440 g/mol. The minimum Gasteiger partial charge on any atom is -0.378 e. The molecule has 1 fully saturated rings. The van der Waals surface area contributed by atoms with Gasteiger partial charge in [-0.25, -0.2) is 0 Å². The molecule has 1 aliphatic rings. The van der Waals surface area contributed by atoms with Crippen molar-refractivity contribution >= 4 is 17.3 Å². The second-order valence-corrected chi connectivity index (χ2v) is 8.22. The van der Waals surface area contributed by atoms with Gasteiger partial charge in [0.15, 0.2) is 0 Å². The largest absolute Gasteiger partial charge is 0.378 e. The van der Waals surface area contributed by atoms with Crippen LogP contribution < -0.4 is 10.2 Å². The van der Waals surface area contributed by atoms with Crippen molar-refractivity contribution in [2.45, 2.75) is 6.54 Å². The van der Waals surface area contributed by atoms with E-state index in [0.717, 1.165) is 54.4 Å². The van der Waals surface area contributed by atoms with Gasteiger partial charge in [0.1, 0.15) is 0 Å². The third-order valence-electron chi connectivity index (χ3n) is 5.71. The topological polar surface area (TPSA) is 68.6 Å². The molecular formula is C27H28N4O2. The van der Waals surface area contributed by atoms with Crippen LogP contribution in [0.2, 0.25) is 0 Å². The van der Waals surface area contributed by atoms with Crippen LogP contribution in [0.4, 0.5) is 11.4 Å². The predicted molar refractivity (Wildman–Crippen MR) is 131 cm³/mol. The lowest BCUT2D eigenvalue weighted by atomic mass is 9.99. The lowest BCUT2D eigenvalue weighted by Crippen LogP contribution is -2.36. The number of carbonyl (C=O) groups excluding carboxylic acids is 1. The van der Waals surface area contributed by atoms with Gasteiger partial charge in [-0.15, -0.1) is 0 Å². The first kappa shape index (κ1) is 22.5. The van der Waals surface area contributed by atoms with E-state index in [2.05, 4.69) is 16.3 Å². The summed E-state index contributed by atoms with van der Waals surface area (Å²) in [6, 6.07) is 25.9. The predicted octanol–water partition coefficient (Wildman–Crippen LogP) is 4.13. The van der Waals surface area contributed by atoms with Crippen LogP contribution in [0, 0.1) is 11.3 Å². The zero-order chi connectivity index (χ0) is 23.0. The number of morpholine rings is 1. The molecule has 6 heteroatoms. The fourth-order valence-electron chi connectivity index (χ4n) is 4.01. The number of benzene rings is 3. The summed E-state index contributed by atoms with van der Waals surface area (Å²) in [5.74, 6) is -0.0452. The van der Waals surface area contributed by atoms with E-state index in [4.69, 9.17) is 4.74 Å². The molecule has 0 atom stereocenters. The van der Waals surface area contributed by atoms with E-state index < -0.39 is 0 Å². The maximum atomic E-state index is 12.5. The summed E-state index contributed by atoms with van der Waals surface area (Å²) < 4.78 is 5.40. The van der Waals surface area contributed by atoms with Gasteiger partial charge in [-0.1, -0.05) is 42.5 Å². The SMILES string of the molecule is CN(CC(=O)Nc1ccc(N2CCOCC2)cc1)Cc1ccc(-c2ccccc2C#N)cc1. The van der Waals surface area contributed by atoms with Gasteiger partial charge in [-0.2, -0.15) is 5.26 Å². The molecule has 168 valence electrons. The first-order chi connectivity index (χ1) is 16.1. The highest BCUT2D eigenvalue weighted by atomic mass is 16.5. The molecule has 0 unspecified atom stereocenters. The molecule has 1 heterocycles. The van der Waals surface area contributed by atoms with Crippen molar-refractivity contribution in [3.8, 4) is 17.2 Å². The van der Waals surface area contributed by atoms with E-state index in [0.29, 0.717) is 18.7 Å². The fourth-order valence-corrected chi connectivity index (χ4v) is 4.01. The van der Waals surface area contributed by atoms with Crippen molar-refractivity contribution < 1.29 is 9.53 Å². The van der Waals surface area contributed by atoms with E-state index in [9.17, 15) is 10.1 Å². The Morgan fingerprint density at radius 2 is 1.73 bits per heavy atom. The molecule has 3 aromatic rings. The third-order valence-corrected chi connectivity index (χ3v) is 5.71. The van der Waals surface area contributed by atoms with E-state index >= 15 is 0 Å². The van der Waals surface area contributed by atoms with E-state index in [1.54, 1.807) is 0 Å². The van der Waals surface area contributed by atoms with Crippen molar-refractivity contribution in [3.63, 3.8) is 0 Å². The minimum absolute atomic E-state index is 0.0452. The molecule has 0 saturated carbocycles. The zero-order valence-corrected chi connectivity index (χ0v) is 18.8. The molecule has 1 saturated heterocycles. The van der Waals surface area contributed by atoms with Gasteiger partial charge in [-0.05, 0) is 54.1 Å². The Balaban J connectivity index is 1.29. The molecule has 1 aliphatic heterocycles. The molecule has 33 heavy (non-hydrogen) atoms. The van der Waals surface area contributed by atoms with Gasteiger partial charge < -0.3 is 15.0 Å². The summed E-state index contributed by atoms with van der Waals surface area (Å²) >= 11 is 0. The van der Waals surface area contributed by atoms with Crippen molar-refractivity contribution in [3.05, 3.63) is 83.9 Å². The van der Waals surface area contributed by atoms with Gasteiger partial charge >= 0.3 is 0 Å². The Morgan fingerprint density at radius 3 is 2.42 bits per heavy atom. The maximum Gasteiger partial charge on any atom is 0.238 e. The molecular weight excluding hydrogens is 412 g/mol. The second kappa shape index (κ2) is 10.8. The average Bonchev–Trinajstić information content (AvgIpc) is 2.85. The number of rotatable bonds is 7. The van der Waals surface area contributed by atoms with Crippen LogP contribution in [0.15, 0.2) is 72.8 Å². The number of ether oxygens (including phenoxy) is 1. The van der Waals surface area contributed by atoms with Gasteiger partial charge in [0.05, 0.1) is 31.4 Å². The summed E-state index contributed by atoms with van der Waals surface area (Å²) in [5.41, 5.74) is 5.66. The second-order valence-electron chi connectivity index (χ2n) is 8.22. The average molecular weight is 441 g/mol. The highest BCUT2D eigenvalue weighted by Gasteiger charge is 2.12. The van der Waals surface area contributed by atoms with Crippen LogP contribution in [0.1, 0.15) is 11.1 Å². The van der Waals surface area contributed by atoms with Gasteiger partial charge in [0.25, 0.3) is 0 Å². The van der Waals surface area contributed by atoms with Gasteiger partial charge in [0.2, 0.25) is 5.91 Å². The lowest BCUT2D eigenvalue weighted by Gasteiger charge is -2.28. The van der Waals surface area contributed by atoms with Crippen LogP contribution in [0.25, 0.3) is 11.1 Å². The number of anilines is 2. The van der Waals surface area contributed by atoms with Gasteiger partial charge in [-0.3, -0.25) is 9.69 Å². The summed E-state index contributed by atoms with van der Waals surface area (Å²) in [6.07, 6.45) is 0. The van der Waals surface area contributed by atoms with E-state index in [1.807, 2.05) is 84.7 Å². The number of carbonyl (C=O) groups is 1. The third kappa shape index (κ3) is 5.98. The Hall–Kier alpha value is -3.66. The van der Waals surface area contributed by atoms with E-state index in [-0.39, 0.29) is 5.91 Å². The normalized spacial score (nSPS) is 13.5. The molecule has 4 rings (SSSR count). The number of likely N-dealkylation sites (N-methyl/N-ethyl adjacent to an activating group) is 1. The summed E-state index contributed by atoms with van der Waals surface area (Å²) in [5, 5.41) is 12.3. The molecule has 0 spiro atoms. The molecule has 6 nitrogen and oxygen atoms in total. The van der Waals surface area contributed by atoms with Crippen molar-refractivity contribution in [2.24, 2.45) is 0 Å². The zero-order valence-electron chi connectivity index (χ0n) is 18.8.